The molecule has 0 unspecified atom stereocenters. The third kappa shape index (κ3) is 1.71. The van der Waals surface area contributed by atoms with Crippen molar-refractivity contribution in [1.29, 1.82) is 0 Å². The van der Waals surface area contributed by atoms with Crippen LogP contribution in [0.15, 0.2) is 21.5 Å². The molecular formula is C8H5BrFNOS. The van der Waals surface area contributed by atoms with Gasteiger partial charge in [-0.2, -0.15) is 0 Å². The molecule has 1 aliphatic rings. The van der Waals surface area contributed by atoms with Crippen LogP contribution in [0, 0.1) is 5.82 Å². The zero-order valence-electron chi connectivity index (χ0n) is 6.43. The third-order valence-electron chi connectivity index (χ3n) is 1.66. The van der Waals surface area contributed by atoms with Crippen molar-refractivity contribution in [3.8, 4) is 0 Å². The lowest BCUT2D eigenvalue weighted by Gasteiger charge is -2.16. The number of thioether (sulfide) groups is 1. The number of amides is 1. The lowest BCUT2D eigenvalue weighted by molar-refractivity contribution is -0.113. The maximum Gasteiger partial charge on any atom is 0.234 e. The van der Waals surface area contributed by atoms with E-state index in [4.69, 9.17) is 0 Å². The smallest absolute Gasteiger partial charge is 0.234 e. The normalized spacial score (nSPS) is 15.1. The minimum Gasteiger partial charge on any atom is -0.324 e. The maximum absolute atomic E-state index is 13.0. The van der Waals surface area contributed by atoms with E-state index in [9.17, 15) is 9.18 Å². The minimum atomic E-state index is -0.303. The van der Waals surface area contributed by atoms with E-state index in [1.165, 1.54) is 17.8 Å². The molecule has 1 aromatic carbocycles. The van der Waals surface area contributed by atoms with Crippen molar-refractivity contribution < 1.29 is 9.18 Å². The van der Waals surface area contributed by atoms with Crippen LogP contribution in [0.4, 0.5) is 10.1 Å². The molecule has 1 N–H and O–H groups in total. The van der Waals surface area contributed by atoms with Crippen molar-refractivity contribution in [2.24, 2.45) is 0 Å². The molecule has 0 bridgehead atoms. The summed E-state index contributed by atoms with van der Waals surface area (Å²) in [4.78, 5) is 11.8. The van der Waals surface area contributed by atoms with Gasteiger partial charge in [0.25, 0.3) is 0 Å². The van der Waals surface area contributed by atoms with Gasteiger partial charge in [-0.15, -0.1) is 11.8 Å². The lowest BCUT2D eigenvalue weighted by atomic mass is 10.3. The summed E-state index contributed by atoms with van der Waals surface area (Å²) >= 11 is 4.41. The summed E-state index contributed by atoms with van der Waals surface area (Å²) in [7, 11) is 0. The Kier molecular flexibility index (Phi) is 2.29. The maximum atomic E-state index is 13.0. The molecule has 2 nitrogen and oxygen atoms in total. The average molecular weight is 262 g/mol. The molecule has 1 heterocycles. The van der Waals surface area contributed by atoms with E-state index in [-0.39, 0.29) is 11.7 Å². The first-order valence-corrected chi connectivity index (χ1v) is 5.36. The first kappa shape index (κ1) is 9.02. The molecule has 13 heavy (non-hydrogen) atoms. The van der Waals surface area contributed by atoms with E-state index in [2.05, 4.69) is 21.2 Å². The standard InChI is InChI=1S/C8H5BrFNOS/c9-4-1-6-7(2-5(4)10)13-3-8(12)11-6/h1-2H,3H2,(H,11,12). The third-order valence-corrected chi connectivity index (χ3v) is 3.32. The molecule has 2 rings (SSSR count). The highest BCUT2D eigenvalue weighted by atomic mass is 79.9. The van der Waals surface area contributed by atoms with Gasteiger partial charge in [0, 0.05) is 4.90 Å². The molecule has 0 saturated heterocycles. The van der Waals surface area contributed by atoms with Crippen molar-refractivity contribution in [1.82, 2.24) is 0 Å². The van der Waals surface area contributed by atoms with Crippen molar-refractivity contribution in [3.63, 3.8) is 0 Å². The van der Waals surface area contributed by atoms with E-state index in [1.807, 2.05) is 0 Å². The topological polar surface area (TPSA) is 29.1 Å². The lowest BCUT2D eigenvalue weighted by Crippen LogP contribution is -2.18. The first-order chi connectivity index (χ1) is 6.16. The summed E-state index contributed by atoms with van der Waals surface area (Å²) in [5.41, 5.74) is 0.675. The van der Waals surface area contributed by atoms with E-state index in [0.717, 1.165) is 4.90 Å². The molecule has 1 amide bonds. The molecule has 0 spiro atoms. The van der Waals surface area contributed by atoms with E-state index in [0.29, 0.717) is 15.9 Å². The Labute approximate surface area is 87.0 Å². The number of carbonyl (C=O) groups is 1. The Hall–Kier alpha value is -0.550. The summed E-state index contributed by atoms with van der Waals surface area (Å²) in [5, 5.41) is 2.67. The number of fused-ring (bicyclic) bond motifs is 1. The van der Waals surface area contributed by atoms with Crippen molar-refractivity contribution in [2.75, 3.05) is 11.1 Å². The van der Waals surface area contributed by atoms with Crippen molar-refractivity contribution in [2.45, 2.75) is 4.90 Å². The largest absolute Gasteiger partial charge is 0.324 e. The Morgan fingerprint density at radius 1 is 1.54 bits per heavy atom. The van der Waals surface area contributed by atoms with E-state index >= 15 is 0 Å². The predicted octanol–water partition coefficient (Wildman–Crippen LogP) is 2.63. The van der Waals surface area contributed by atoms with Gasteiger partial charge in [-0.1, -0.05) is 0 Å². The van der Waals surface area contributed by atoms with Gasteiger partial charge in [0.05, 0.1) is 15.9 Å². The van der Waals surface area contributed by atoms with Gasteiger partial charge >= 0.3 is 0 Å². The fourth-order valence-corrected chi connectivity index (χ4v) is 2.23. The molecule has 0 fully saturated rings. The van der Waals surface area contributed by atoms with Gasteiger partial charge in [-0.3, -0.25) is 4.79 Å². The zero-order valence-corrected chi connectivity index (χ0v) is 8.84. The number of halogens is 2. The number of benzene rings is 1. The van der Waals surface area contributed by atoms with Gasteiger partial charge in [0.2, 0.25) is 5.91 Å². The molecule has 0 radical (unpaired) electrons. The summed E-state index contributed by atoms with van der Waals surface area (Å²) in [6, 6.07) is 3.00. The van der Waals surface area contributed by atoms with Crippen LogP contribution in [-0.4, -0.2) is 11.7 Å². The van der Waals surface area contributed by atoms with Crippen LogP contribution >= 0.6 is 27.7 Å². The van der Waals surface area contributed by atoms with Crippen LogP contribution in [0.2, 0.25) is 0 Å². The minimum absolute atomic E-state index is 0.0454. The second kappa shape index (κ2) is 3.31. The molecule has 0 aliphatic carbocycles. The summed E-state index contributed by atoms with van der Waals surface area (Å²) in [5.74, 6) is 0.00653. The molecule has 5 heteroatoms. The van der Waals surface area contributed by atoms with Gasteiger partial charge in [0.15, 0.2) is 0 Å². The summed E-state index contributed by atoms with van der Waals surface area (Å²) < 4.78 is 13.4. The first-order valence-electron chi connectivity index (χ1n) is 3.58. The Bertz CT molecular complexity index is 383. The Morgan fingerprint density at radius 3 is 3.08 bits per heavy atom. The number of carbonyl (C=O) groups excluding carboxylic acids is 1. The average Bonchev–Trinajstić information content (AvgIpc) is 2.08. The van der Waals surface area contributed by atoms with Gasteiger partial charge in [-0.25, -0.2) is 4.39 Å². The number of rotatable bonds is 0. The zero-order chi connectivity index (χ0) is 9.42. The molecule has 0 saturated carbocycles. The van der Waals surface area contributed by atoms with Crippen LogP contribution in [-0.2, 0) is 4.79 Å². The Morgan fingerprint density at radius 2 is 2.31 bits per heavy atom. The van der Waals surface area contributed by atoms with Gasteiger partial charge in [0.1, 0.15) is 5.82 Å². The fourth-order valence-electron chi connectivity index (χ4n) is 1.08. The van der Waals surface area contributed by atoms with Crippen LogP contribution in [0.3, 0.4) is 0 Å². The van der Waals surface area contributed by atoms with Crippen LogP contribution < -0.4 is 5.32 Å². The van der Waals surface area contributed by atoms with Gasteiger partial charge in [-0.05, 0) is 28.1 Å². The molecule has 1 aliphatic heterocycles. The highest BCUT2D eigenvalue weighted by molar-refractivity contribution is 9.10. The van der Waals surface area contributed by atoms with E-state index < -0.39 is 0 Å². The van der Waals surface area contributed by atoms with Crippen LogP contribution in [0.1, 0.15) is 0 Å². The van der Waals surface area contributed by atoms with Crippen LogP contribution in [0.5, 0.6) is 0 Å². The molecule has 1 aromatic rings. The molecular weight excluding hydrogens is 257 g/mol. The second-order valence-electron chi connectivity index (χ2n) is 2.60. The number of anilines is 1. The summed E-state index contributed by atoms with van der Waals surface area (Å²) in [6.07, 6.45) is 0. The molecule has 68 valence electrons. The Balaban J connectivity index is 2.49. The second-order valence-corrected chi connectivity index (χ2v) is 4.47. The predicted molar refractivity (Wildman–Crippen MR) is 53.5 cm³/mol. The van der Waals surface area contributed by atoms with Crippen LogP contribution in [0.25, 0.3) is 0 Å². The summed E-state index contributed by atoms with van der Waals surface area (Å²) in [6.45, 7) is 0. The van der Waals surface area contributed by atoms with Crippen molar-refractivity contribution in [3.05, 3.63) is 22.4 Å². The van der Waals surface area contributed by atoms with E-state index in [1.54, 1.807) is 6.07 Å². The highest BCUT2D eigenvalue weighted by Crippen LogP contribution is 2.34. The molecule has 0 atom stereocenters. The van der Waals surface area contributed by atoms with Gasteiger partial charge < -0.3 is 5.32 Å². The SMILES string of the molecule is O=C1CSc2cc(F)c(Br)cc2N1. The van der Waals surface area contributed by atoms with Crippen molar-refractivity contribution >= 4 is 39.3 Å². The number of hydrogen-bond donors (Lipinski definition) is 1. The number of nitrogens with one attached hydrogen (secondary N) is 1. The quantitative estimate of drug-likeness (QED) is 0.778. The molecule has 0 aromatic heterocycles. The highest BCUT2D eigenvalue weighted by Gasteiger charge is 2.17. The number of hydrogen-bond acceptors (Lipinski definition) is 2. The fraction of sp³-hybridized carbons (Fsp3) is 0.125. The monoisotopic (exact) mass is 261 g/mol.